The van der Waals surface area contributed by atoms with E-state index in [9.17, 15) is 0 Å². The average Bonchev–Trinajstić information content (AvgIpc) is 2.14. The van der Waals surface area contributed by atoms with E-state index < -0.39 is 0 Å². The van der Waals surface area contributed by atoms with Crippen LogP contribution in [0.3, 0.4) is 0 Å². The minimum atomic E-state index is 0.856. The zero-order chi connectivity index (χ0) is 5.98. The van der Waals surface area contributed by atoms with Crippen molar-refractivity contribution in [2.24, 2.45) is 9.98 Å². The summed E-state index contributed by atoms with van der Waals surface area (Å²) in [5.74, 6) is 0. The summed E-state index contributed by atoms with van der Waals surface area (Å²) in [6.45, 7) is 5.34. The van der Waals surface area contributed by atoms with Crippen molar-refractivity contribution in [1.82, 2.24) is 0 Å². The lowest BCUT2D eigenvalue weighted by molar-refractivity contribution is 1.18. The Morgan fingerprint density at radius 3 is 2.88 bits per heavy atom. The molecule has 1 rings (SSSR count). The van der Waals surface area contributed by atoms with Gasteiger partial charge in [0.25, 0.3) is 0 Å². The molecule has 0 atom stereocenters. The van der Waals surface area contributed by atoms with E-state index in [1.165, 1.54) is 0 Å². The van der Waals surface area contributed by atoms with Crippen molar-refractivity contribution in [1.29, 1.82) is 0 Å². The summed E-state index contributed by atoms with van der Waals surface area (Å²) in [6.07, 6.45) is 2.70. The van der Waals surface area contributed by atoms with E-state index in [4.69, 9.17) is 0 Å². The maximum Gasteiger partial charge on any atom is 0.0661 e. The van der Waals surface area contributed by atoms with Gasteiger partial charge in [-0.15, -0.1) is 0 Å². The Labute approximate surface area is 48.7 Å². The lowest BCUT2D eigenvalue weighted by atomic mass is 10.3. The predicted octanol–water partition coefficient (Wildman–Crippen LogP) is 1.39. The Hall–Kier alpha value is -0.920. The fourth-order valence-electron chi connectivity index (χ4n) is 0.670. The summed E-state index contributed by atoms with van der Waals surface area (Å²) in [7, 11) is 0. The Kier molecular flexibility index (Phi) is 1.24. The second-order valence-electron chi connectivity index (χ2n) is 1.71. The van der Waals surface area contributed by atoms with E-state index in [-0.39, 0.29) is 0 Å². The van der Waals surface area contributed by atoms with E-state index in [2.05, 4.69) is 16.7 Å². The van der Waals surface area contributed by atoms with Gasteiger partial charge in [-0.1, -0.05) is 0 Å². The number of allylic oxidation sites excluding steroid dienone is 2. The van der Waals surface area contributed by atoms with Crippen molar-refractivity contribution in [2.75, 3.05) is 0 Å². The molecule has 2 heteroatoms. The molecule has 1 aliphatic rings. The Bertz CT molecular complexity index is 165. The fraction of sp³-hybridized carbons (Fsp3) is 0.333. The largest absolute Gasteiger partial charge is 0.267 e. The molecule has 0 saturated heterocycles. The summed E-state index contributed by atoms with van der Waals surface area (Å²) < 4.78 is 0. The maximum absolute atomic E-state index is 4.01. The maximum atomic E-state index is 4.01. The summed E-state index contributed by atoms with van der Waals surface area (Å²) in [6, 6.07) is 0. The van der Waals surface area contributed by atoms with Gasteiger partial charge in [0, 0.05) is 12.6 Å². The van der Waals surface area contributed by atoms with Crippen molar-refractivity contribution in [3.8, 4) is 0 Å². The molecule has 0 bridgehead atoms. The summed E-state index contributed by atoms with van der Waals surface area (Å²) in [5, 5.41) is 0. The molecule has 0 saturated carbocycles. The van der Waals surface area contributed by atoms with Crippen LogP contribution < -0.4 is 0 Å². The number of hydrogen-bond donors (Lipinski definition) is 0. The zero-order valence-electron chi connectivity index (χ0n) is 4.89. The molecule has 42 valence electrons. The van der Waals surface area contributed by atoms with Gasteiger partial charge >= 0.3 is 0 Å². The van der Waals surface area contributed by atoms with Gasteiger partial charge in [0.1, 0.15) is 0 Å². The smallest absolute Gasteiger partial charge is 0.0661 e. The molecule has 0 spiro atoms. The highest BCUT2D eigenvalue weighted by atomic mass is 14.8. The van der Waals surface area contributed by atoms with Crippen LogP contribution in [0.5, 0.6) is 0 Å². The first-order chi connectivity index (χ1) is 3.84. The van der Waals surface area contributed by atoms with Crippen LogP contribution in [-0.4, -0.2) is 12.9 Å². The van der Waals surface area contributed by atoms with Crippen LogP contribution in [0.1, 0.15) is 13.3 Å². The average molecular weight is 108 g/mol. The van der Waals surface area contributed by atoms with Gasteiger partial charge in [-0.05, 0) is 13.6 Å². The van der Waals surface area contributed by atoms with Crippen LogP contribution >= 0.6 is 0 Å². The van der Waals surface area contributed by atoms with E-state index >= 15 is 0 Å². The number of aliphatic imine (C=N–C) groups is 2. The molecule has 0 amide bonds. The third kappa shape index (κ3) is 0.689. The monoisotopic (exact) mass is 108 g/mol. The topological polar surface area (TPSA) is 24.7 Å². The van der Waals surface area contributed by atoms with Gasteiger partial charge in [-0.25, -0.2) is 0 Å². The molecule has 0 radical (unpaired) electrons. The molecule has 0 aromatic rings. The van der Waals surface area contributed by atoms with Crippen LogP contribution in [0.4, 0.5) is 0 Å². The second kappa shape index (κ2) is 1.90. The van der Waals surface area contributed by atoms with Gasteiger partial charge in [0.05, 0.1) is 11.4 Å². The molecule has 0 aliphatic carbocycles. The van der Waals surface area contributed by atoms with Gasteiger partial charge < -0.3 is 0 Å². The first-order valence-electron chi connectivity index (χ1n) is 2.53. The third-order valence-electron chi connectivity index (χ3n) is 1.18. The van der Waals surface area contributed by atoms with Gasteiger partial charge in [0.15, 0.2) is 0 Å². The predicted molar refractivity (Wildman–Crippen MR) is 35.4 cm³/mol. The lowest BCUT2D eigenvalue weighted by Gasteiger charge is -1.87. The van der Waals surface area contributed by atoms with Crippen molar-refractivity contribution in [3.63, 3.8) is 0 Å². The highest BCUT2D eigenvalue weighted by Gasteiger charge is 2.01. The molecule has 0 unspecified atom stereocenters. The molecule has 0 N–H and O–H groups in total. The molecular weight excluding hydrogens is 100 g/mol. The van der Waals surface area contributed by atoms with Crippen molar-refractivity contribution >= 4 is 12.9 Å². The molecule has 1 aliphatic heterocycles. The number of rotatable bonds is 1. The summed E-state index contributed by atoms with van der Waals surface area (Å²) >= 11 is 0. The zero-order valence-corrected chi connectivity index (χ0v) is 4.89. The molecular formula is C6H8N2. The SMILES string of the molecule is C=NC1=C(C)N=CC1. The minimum Gasteiger partial charge on any atom is -0.267 e. The molecule has 1 heterocycles. The Balaban J connectivity index is 2.82. The first-order valence-corrected chi connectivity index (χ1v) is 2.53. The first kappa shape index (κ1) is 5.22. The van der Waals surface area contributed by atoms with E-state index in [1.807, 2.05) is 13.1 Å². The fourth-order valence-corrected chi connectivity index (χ4v) is 0.670. The number of nitrogens with zero attached hydrogens (tertiary/aromatic N) is 2. The van der Waals surface area contributed by atoms with Crippen molar-refractivity contribution < 1.29 is 0 Å². The van der Waals surface area contributed by atoms with Crippen LogP contribution in [0.25, 0.3) is 0 Å². The van der Waals surface area contributed by atoms with E-state index in [0.29, 0.717) is 0 Å². The third-order valence-corrected chi connectivity index (χ3v) is 1.18. The van der Waals surface area contributed by atoms with Crippen LogP contribution in [0.2, 0.25) is 0 Å². The van der Waals surface area contributed by atoms with Crippen molar-refractivity contribution in [2.45, 2.75) is 13.3 Å². The molecule has 2 nitrogen and oxygen atoms in total. The molecule has 0 fully saturated rings. The van der Waals surface area contributed by atoms with Crippen molar-refractivity contribution in [3.05, 3.63) is 11.4 Å². The minimum absolute atomic E-state index is 0.856. The van der Waals surface area contributed by atoms with Gasteiger partial charge in [0.2, 0.25) is 0 Å². The summed E-state index contributed by atoms with van der Waals surface area (Å²) in [5.41, 5.74) is 2.00. The van der Waals surface area contributed by atoms with E-state index in [0.717, 1.165) is 17.8 Å². The van der Waals surface area contributed by atoms with Gasteiger partial charge in [-0.2, -0.15) is 0 Å². The molecule has 0 aromatic heterocycles. The molecule has 0 aromatic carbocycles. The van der Waals surface area contributed by atoms with Gasteiger partial charge in [-0.3, -0.25) is 9.98 Å². The number of hydrogen-bond acceptors (Lipinski definition) is 2. The highest BCUT2D eigenvalue weighted by Crippen LogP contribution is 2.14. The summed E-state index contributed by atoms with van der Waals surface area (Å²) in [4.78, 5) is 7.78. The van der Waals surface area contributed by atoms with Crippen LogP contribution in [0.15, 0.2) is 21.4 Å². The van der Waals surface area contributed by atoms with E-state index in [1.54, 1.807) is 0 Å². The highest BCUT2D eigenvalue weighted by molar-refractivity contribution is 5.67. The Morgan fingerprint density at radius 1 is 1.88 bits per heavy atom. The standard InChI is InChI=1S/C6H8N2/c1-5-6(7-2)3-4-8-5/h4H,2-3H2,1H3. The quantitative estimate of drug-likeness (QED) is 0.453. The second-order valence-corrected chi connectivity index (χ2v) is 1.71. The van der Waals surface area contributed by atoms with Crippen LogP contribution in [0, 0.1) is 0 Å². The Morgan fingerprint density at radius 2 is 2.62 bits per heavy atom. The van der Waals surface area contributed by atoms with Crippen LogP contribution in [-0.2, 0) is 0 Å². The molecule has 8 heavy (non-hydrogen) atoms. The normalized spacial score (nSPS) is 17.6. The lowest BCUT2D eigenvalue weighted by Crippen LogP contribution is -1.72.